The van der Waals surface area contributed by atoms with Crippen LogP contribution in [0.15, 0.2) is 24.3 Å². The van der Waals surface area contributed by atoms with Gasteiger partial charge < -0.3 is 0 Å². The highest BCUT2D eigenvalue weighted by atomic mass is 16.7. The lowest BCUT2D eigenvalue weighted by atomic mass is 10.0. The van der Waals surface area contributed by atoms with Gasteiger partial charge in [-0.1, -0.05) is 43.7 Å². The van der Waals surface area contributed by atoms with Crippen LogP contribution in [-0.4, -0.2) is 17.0 Å². The molecule has 0 aliphatic rings. The maximum absolute atomic E-state index is 12.4. The van der Waals surface area contributed by atoms with Crippen LogP contribution in [0.5, 0.6) is 0 Å². The monoisotopic (exact) mass is 292 g/mol. The van der Waals surface area contributed by atoms with Crippen LogP contribution in [0, 0.1) is 12.8 Å². The molecule has 0 heterocycles. The number of benzene rings is 1. The van der Waals surface area contributed by atoms with Gasteiger partial charge in [-0.25, -0.2) is 5.01 Å². The number of amides is 1. The van der Waals surface area contributed by atoms with Gasteiger partial charge >= 0.3 is 0 Å². The van der Waals surface area contributed by atoms with Gasteiger partial charge in [-0.3, -0.25) is 9.63 Å². The highest BCUT2D eigenvalue weighted by Crippen LogP contribution is 2.21. The van der Waals surface area contributed by atoms with Crippen LogP contribution in [0.2, 0.25) is 0 Å². The third-order valence-electron chi connectivity index (χ3n) is 3.19. The Labute approximate surface area is 128 Å². The topological polar surface area (TPSA) is 41.6 Å². The summed E-state index contributed by atoms with van der Waals surface area (Å²) in [5.41, 5.74) is 5.11. The molecule has 0 fully saturated rings. The molecule has 1 unspecified atom stereocenters. The molecule has 0 bridgehead atoms. The Balaban J connectivity index is 2.87. The number of hydrazine groups is 1. The minimum Gasteiger partial charge on any atom is -0.279 e. The molecule has 0 aromatic heterocycles. The van der Waals surface area contributed by atoms with Gasteiger partial charge in [-0.05, 0) is 39.2 Å². The third-order valence-corrected chi connectivity index (χ3v) is 3.19. The first-order valence-electron chi connectivity index (χ1n) is 7.61. The van der Waals surface area contributed by atoms with E-state index in [0.29, 0.717) is 12.3 Å². The predicted molar refractivity (Wildman–Crippen MR) is 85.3 cm³/mol. The van der Waals surface area contributed by atoms with E-state index in [-0.39, 0.29) is 18.1 Å². The zero-order valence-electron chi connectivity index (χ0n) is 14.0. The van der Waals surface area contributed by atoms with E-state index < -0.39 is 0 Å². The lowest BCUT2D eigenvalue weighted by Crippen LogP contribution is -2.45. The lowest BCUT2D eigenvalue weighted by Gasteiger charge is -2.30. The first-order valence-corrected chi connectivity index (χ1v) is 7.61. The summed E-state index contributed by atoms with van der Waals surface area (Å²) in [4.78, 5) is 17.9. The van der Waals surface area contributed by atoms with Crippen LogP contribution in [0.3, 0.4) is 0 Å². The molecule has 118 valence electrons. The Bertz CT molecular complexity index is 441. The second-order valence-corrected chi connectivity index (χ2v) is 6.21. The highest BCUT2D eigenvalue weighted by molar-refractivity contribution is 5.76. The van der Waals surface area contributed by atoms with Gasteiger partial charge in [0.2, 0.25) is 5.91 Å². The third kappa shape index (κ3) is 5.86. The number of nitrogens with zero attached hydrogens (tertiary/aromatic N) is 1. The van der Waals surface area contributed by atoms with E-state index in [4.69, 9.17) is 4.84 Å². The molecule has 1 amide bonds. The fourth-order valence-corrected chi connectivity index (χ4v) is 1.95. The van der Waals surface area contributed by atoms with Crippen molar-refractivity contribution in [2.75, 3.05) is 0 Å². The molecule has 21 heavy (non-hydrogen) atoms. The van der Waals surface area contributed by atoms with Gasteiger partial charge in [0.1, 0.15) is 0 Å². The molecule has 1 aromatic carbocycles. The Morgan fingerprint density at radius 3 is 2.19 bits per heavy atom. The molecule has 4 heteroatoms. The molecule has 4 nitrogen and oxygen atoms in total. The fourth-order valence-electron chi connectivity index (χ4n) is 1.95. The summed E-state index contributed by atoms with van der Waals surface area (Å²) in [7, 11) is 0. The van der Waals surface area contributed by atoms with E-state index in [2.05, 4.69) is 24.6 Å². The second kappa shape index (κ2) is 8.15. The van der Waals surface area contributed by atoms with Crippen LogP contribution in [0.1, 0.15) is 58.2 Å². The standard InChI is InChI=1S/C17H28N2O2/c1-12(2)11-17(20)19(18-21-13(3)4)15(6)16-9-7-14(5)8-10-16/h7-10,12-13,15,18H,11H2,1-6H3. The summed E-state index contributed by atoms with van der Waals surface area (Å²) >= 11 is 0. The van der Waals surface area contributed by atoms with Gasteiger partial charge in [0.05, 0.1) is 12.1 Å². The number of aryl methyl sites for hydroxylation is 1. The summed E-state index contributed by atoms with van der Waals surface area (Å²) in [6.07, 6.45) is 0.495. The van der Waals surface area contributed by atoms with Crippen molar-refractivity contribution in [1.82, 2.24) is 10.6 Å². The van der Waals surface area contributed by atoms with Crippen molar-refractivity contribution in [2.45, 2.75) is 60.1 Å². The van der Waals surface area contributed by atoms with E-state index >= 15 is 0 Å². The summed E-state index contributed by atoms with van der Waals surface area (Å²) in [6, 6.07) is 8.12. The fraction of sp³-hybridized carbons (Fsp3) is 0.588. The Hall–Kier alpha value is -1.39. The summed E-state index contributed by atoms with van der Waals surface area (Å²) in [6.45, 7) is 12.0. The average Bonchev–Trinajstić information content (AvgIpc) is 2.38. The van der Waals surface area contributed by atoms with Crippen molar-refractivity contribution in [3.05, 3.63) is 35.4 Å². The molecule has 1 N–H and O–H groups in total. The number of carbonyl (C=O) groups is 1. The number of carbonyl (C=O) groups excluding carboxylic acids is 1. The normalized spacial score (nSPS) is 12.8. The molecular formula is C17H28N2O2. The molecule has 1 rings (SSSR count). The SMILES string of the molecule is Cc1ccc(C(C)N(NOC(C)C)C(=O)CC(C)C)cc1. The minimum atomic E-state index is -0.0874. The van der Waals surface area contributed by atoms with Gasteiger partial charge in [0.25, 0.3) is 0 Å². The molecule has 1 atom stereocenters. The molecule has 0 saturated carbocycles. The maximum Gasteiger partial charge on any atom is 0.239 e. The zero-order valence-corrected chi connectivity index (χ0v) is 14.0. The van der Waals surface area contributed by atoms with Crippen LogP contribution in [-0.2, 0) is 9.63 Å². The number of rotatable bonds is 7. The molecule has 0 aliphatic carbocycles. The van der Waals surface area contributed by atoms with Crippen molar-refractivity contribution in [3.8, 4) is 0 Å². The number of nitrogens with one attached hydrogen (secondary N) is 1. The number of hydrogen-bond donors (Lipinski definition) is 1. The highest BCUT2D eigenvalue weighted by Gasteiger charge is 2.22. The summed E-state index contributed by atoms with van der Waals surface area (Å²) < 4.78 is 0. The van der Waals surface area contributed by atoms with Crippen molar-refractivity contribution in [3.63, 3.8) is 0 Å². The molecule has 0 radical (unpaired) electrons. The summed E-state index contributed by atoms with van der Waals surface area (Å²) in [5, 5.41) is 1.59. The van der Waals surface area contributed by atoms with E-state index in [1.54, 1.807) is 5.01 Å². The van der Waals surface area contributed by atoms with Crippen molar-refractivity contribution in [1.29, 1.82) is 0 Å². The molecule has 0 spiro atoms. The second-order valence-electron chi connectivity index (χ2n) is 6.21. The molecule has 1 aromatic rings. The van der Waals surface area contributed by atoms with E-state index in [9.17, 15) is 4.79 Å². The van der Waals surface area contributed by atoms with Crippen molar-refractivity contribution < 1.29 is 9.63 Å². The zero-order chi connectivity index (χ0) is 16.0. The van der Waals surface area contributed by atoms with E-state index in [1.165, 1.54) is 5.56 Å². The van der Waals surface area contributed by atoms with E-state index in [1.807, 2.05) is 46.8 Å². The van der Waals surface area contributed by atoms with Crippen LogP contribution >= 0.6 is 0 Å². The Morgan fingerprint density at radius 2 is 1.71 bits per heavy atom. The van der Waals surface area contributed by atoms with Gasteiger partial charge in [0.15, 0.2) is 0 Å². The van der Waals surface area contributed by atoms with Crippen LogP contribution in [0.25, 0.3) is 0 Å². The van der Waals surface area contributed by atoms with Crippen molar-refractivity contribution >= 4 is 5.91 Å². The van der Waals surface area contributed by atoms with Gasteiger partial charge in [-0.2, -0.15) is 0 Å². The van der Waals surface area contributed by atoms with Gasteiger partial charge in [-0.15, -0.1) is 5.59 Å². The quantitative estimate of drug-likeness (QED) is 0.778. The molecule has 0 saturated heterocycles. The van der Waals surface area contributed by atoms with Crippen molar-refractivity contribution in [2.24, 2.45) is 5.92 Å². The molecular weight excluding hydrogens is 264 g/mol. The van der Waals surface area contributed by atoms with Crippen LogP contribution < -0.4 is 5.59 Å². The van der Waals surface area contributed by atoms with Crippen LogP contribution in [0.4, 0.5) is 0 Å². The first-order chi connectivity index (χ1) is 9.81. The maximum atomic E-state index is 12.4. The average molecular weight is 292 g/mol. The first kappa shape index (κ1) is 17.7. The molecule has 0 aliphatic heterocycles. The summed E-state index contributed by atoms with van der Waals surface area (Å²) in [5.74, 6) is 0.352. The minimum absolute atomic E-state index is 0.00423. The Morgan fingerprint density at radius 1 is 1.14 bits per heavy atom. The predicted octanol–water partition coefficient (Wildman–Crippen LogP) is 3.78. The smallest absolute Gasteiger partial charge is 0.239 e. The number of hydrogen-bond acceptors (Lipinski definition) is 3. The Kier molecular flexibility index (Phi) is 6.85. The van der Waals surface area contributed by atoms with E-state index in [0.717, 1.165) is 5.56 Å². The lowest BCUT2D eigenvalue weighted by molar-refractivity contribution is -0.166. The van der Waals surface area contributed by atoms with Gasteiger partial charge in [0, 0.05) is 6.42 Å². The largest absolute Gasteiger partial charge is 0.279 e.